The van der Waals surface area contributed by atoms with Crippen molar-refractivity contribution in [2.24, 2.45) is 5.10 Å². The van der Waals surface area contributed by atoms with Gasteiger partial charge in [0.25, 0.3) is 0 Å². The molecule has 0 aliphatic carbocycles. The van der Waals surface area contributed by atoms with Crippen molar-refractivity contribution in [3.63, 3.8) is 0 Å². The summed E-state index contributed by atoms with van der Waals surface area (Å²) in [7, 11) is 0. The van der Waals surface area contributed by atoms with E-state index >= 15 is 0 Å². The maximum atomic E-state index is 12.8. The van der Waals surface area contributed by atoms with Gasteiger partial charge in [0.1, 0.15) is 5.82 Å². The number of nitrogens with zero attached hydrogens (tertiary/aromatic N) is 1. The van der Waals surface area contributed by atoms with E-state index in [0.717, 1.165) is 10.5 Å². The zero-order chi connectivity index (χ0) is 15.9. The van der Waals surface area contributed by atoms with Gasteiger partial charge in [-0.3, -0.25) is 4.79 Å². The van der Waals surface area contributed by atoms with Gasteiger partial charge in [0.2, 0.25) is 5.91 Å². The van der Waals surface area contributed by atoms with Gasteiger partial charge in [-0.25, -0.2) is 9.82 Å². The second-order valence-corrected chi connectivity index (χ2v) is 5.97. The van der Waals surface area contributed by atoms with Crippen LogP contribution in [0.3, 0.4) is 0 Å². The predicted octanol–water partition coefficient (Wildman–Crippen LogP) is 4.11. The summed E-state index contributed by atoms with van der Waals surface area (Å²) in [6, 6.07) is 13.2. The molecule has 0 aliphatic heterocycles. The molecule has 3 nitrogen and oxygen atoms in total. The Kier molecular flexibility index (Phi) is 5.98. The Hall–Kier alpha value is -1.85. The smallest absolute Gasteiger partial charge is 0.250 e. The number of hydrogen-bond acceptors (Lipinski definition) is 3. The largest absolute Gasteiger partial charge is 0.272 e. The van der Waals surface area contributed by atoms with Crippen LogP contribution in [0, 0.1) is 5.82 Å². The van der Waals surface area contributed by atoms with Crippen molar-refractivity contribution in [3.05, 3.63) is 64.9 Å². The lowest BCUT2D eigenvalue weighted by Crippen LogP contribution is -2.21. The highest BCUT2D eigenvalue weighted by Gasteiger charge is 2.03. The number of benzene rings is 2. The molecule has 0 fully saturated rings. The Balaban J connectivity index is 1.85. The third-order valence-electron chi connectivity index (χ3n) is 2.79. The molecule has 0 saturated heterocycles. The number of hydrazone groups is 1. The van der Waals surface area contributed by atoms with Gasteiger partial charge in [-0.05, 0) is 48.9 Å². The highest BCUT2D eigenvalue weighted by Crippen LogP contribution is 2.19. The second kappa shape index (κ2) is 7.96. The summed E-state index contributed by atoms with van der Waals surface area (Å²) in [5.74, 6) is -0.261. The Morgan fingerprint density at radius 1 is 1.18 bits per heavy atom. The average Bonchev–Trinajstić information content (AvgIpc) is 2.52. The standard InChI is InChI=1S/C16H14ClFN2OS/c1-11(12-2-6-14(18)7-3-12)19-20-16(21)10-22-15-8-4-13(17)5-9-15/h2-9H,10H2,1H3,(H,20,21)/b19-11-. The fourth-order valence-electron chi connectivity index (χ4n) is 1.61. The SMILES string of the molecule is C/C(=N/NC(=O)CSc1ccc(Cl)cc1)c1ccc(F)cc1. The van der Waals surface area contributed by atoms with Gasteiger partial charge in [0, 0.05) is 9.92 Å². The molecule has 1 N–H and O–H groups in total. The molecule has 0 spiro atoms. The van der Waals surface area contributed by atoms with Crippen molar-refractivity contribution < 1.29 is 9.18 Å². The van der Waals surface area contributed by atoms with Crippen LogP contribution in [-0.4, -0.2) is 17.4 Å². The molecule has 0 atom stereocenters. The van der Waals surface area contributed by atoms with Crippen molar-refractivity contribution in [2.75, 3.05) is 5.75 Å². The lowest BCUT2D eigenvalue weighted by atomic mass is 10.1. The monoisotopic (exact) mass is 336 g/mol. The fourth-order valence-corrected chi connectivity index (χ4v) is 2.43. The number of halogens is 2. The summed E-state index contributed by atoms with van der Waals surface area (Å²) in [5.41, 5.74) is 3.86. The number of amides is 1. The second-order valence-electron chi connectivity index (χ2n) is 4.48. The van der Waals surface area contributed by atoms with E-state index in [0.29, 0.717) is 10.7 Å². The van der Waals surface area contributed by atoms with Crippen LogP contribution in [0.15, 0.2) is 58.5 Å². The van der Waals surface area contributed by atoms with E-state index in [2.05, 4.69) is 10.5 Å². The van der Waals surface area contributed by atoms with Crippen molar-refractivity contribution in [1.29, 1.82) is 0 Å². The van der Waals surface area contributed by atoms with E-state index in [1.165, 1.54) is 23.9 Å². The molecule has 0 radical (unpaired) electrons. The molecule has 0 unspecified atom stereocenters. The number of hydrogen-bond donors (Lipinski definition) is 1. The van der Waals surface area contributed by atoms with Crippen LogP contribution in [0.25, 0.3) is 0 Å². The van der Waals surface area contributed by atoms with E-state index in [4.69, 9.17) is 11.6 Å². The predicted molar refractivity (Wildman–Crippen MR) is 88.9 cm³/mol. The van der Waals surface area contributed by atoms with Crippen LogP contribution in [0.5, 0.6) is 0 Å². The first-order valence-electron chi connectivity index (χ1n) is 6.52. The van der Waals surface area contributed by atoms with Crippen LogP contribution in [0.4, 0.5) is 4.39 Å². The van der Waals surface area contributed by atoms with E-state index in [1.54, 1.807) is 31.2 Å². The number of carbonyl (C=O) groups is 1. The summed E-state index contributed by atoms with van der Waals surface area (Å²) < 4.78 is 12.8. The average molecular weight is 337 g/mol. The van der Waals surface area contributed by atoms with E-state index in [1.807, 2.05) is 12.1 Å². The number of thioether (sulfide) groups is 1. The molecule has 0 aromatic heterocycles. The molecule has 22 heavy (non-hydrogen) atoms. The summed E-state index contributed by atoms with van der Waals surface area (Å²) in [4.78, 5) is 12.7. The maximum absolute atomic E-state index is 12.8. The molecule has 2 rings (SSSR count). The third-order valence-corrected chi connectivity index (χ3v) is 4.06. The van der Waals surface area contributed by atoms with Gasteiger partial charge in [0.15, 0.2) is 0 Å². The summed E-state index contributed by atoms with van der Waals surface area (Å²) >= 11 is 7.19. The number of carbonyl (C=O) groups excluding carboxylic acids is 1. The third kappa shape index (κ3) is 5.16. The minimum absolute atomic E-state index is 0.207. The molecule has 2 aromatic carbocycles. The van der Waals surface area contributed by atoms with Crippen molar-refractivity contribution in [1.82, 2.24) is 5.43 Å². The lowest BCUT2D eigenvalue weighted by Gasteiger charge is -2.03. The zero-order valence-corrected chi connectivity index (χ0v) is 13.4. The molecule has 0 heterocycles. The van der Waals surface area contributed by atoms with Crippen molar-refractivity contribution in [2.45, 2.75) is 11.8 Å². The van der Waals surface area contributed by atoms with Gasteiger partial charge < -0.3 is 0 Å². The van der Waals surface area contributed by atoms with Crippen LogP contribution >= 0.6 is 23.4 Å². The topological polar surface area (TPSA) is 41.5 Å². The zero-order valence-electron chi connectivity index (χ0n) is 11.8. The summed E-state index contributed by atoms with van der Waals surface area (Å²) in [6.45, 7) is 1.75. The molecular weight excluding hydrogens is 323 g/mol. The Morgan fingerprint density at radius 3 is 2.45 bits per heavy atom. The number of nitrogens with one attached hydrogen (secondary N) is 1. The molecule has 0 bridgehead atoms. The van der Waals surface area contributed by atoms with Gasteiger partial charge in [-0.15, -0.1) is 11.8 Å². The summed E-state index contributed by atoms with van der Waals surface area (Å²) in [6.07, 6.45) is 0. The Labute approximate surface area is 137 Å². The van der Waals surface area contributed by atoms with Gasteiger partial charge in [0.05, 0.1) is 11.5 Å². The molecular formula is C16H14ClFN2OS. The maximum Gasteiger partial charge on any atom is 0.250 e. The molecule has 0 aliphatic rings. The first kappa shape index (κ1) is 16.5. The van der Waals surface area contributed by atoms with Gasteiger partial charge in [-0.1, -0.05) is 23.7 Å². The highest BCUT2D eigenvalue weighted by molar-refractivity contribution is 8.00. The normalized spacial score (nSPS) is 11.3. The van der Waals surface area contributed by atoms with Crippen LogP contribution in [0.2, 0.25) is 5.02 Å². The van der Waals surface area contributed by atoms with E-state index in [-0.39, 0.29) is 17.5 Å². The minimum atomic E-state index is -0.306. The van der Waals surface area contributed by atoms with Crippen LogP contribution in [0.1, 0.15) is 12.5 Å². The Bertz CT molecular complexity index is 672. The van der Waals surface area contributed by atoms with Crippen molar-refractivity contribution >= 4 is 35.0 Å². The van der Waals surface area contributed by atoms with E-state index < -0.39 is 0 Å². The quantitative estimate of drug-likeness (QED) is 0.507. The van der Waals surface area contributed by atoms with E-state index in [9.17, 15) is 9.18 Å². The minimum Gasteiger partial charge on any atom is -0.272 e. The molecule has 0 saturated carbocycles. The molecule has 2 aromatic rings. The molecule has 1 amide bonds. The fraction of sp³-hybridized carbons (Fsp3) is 0.125. The summed E-state index contributed by atoms with van der Waals surface area (Å²) in [5, 5.41) is 4.67. The first-order valence-corrected chi connectivity index (χ1v) is 7.88. The Morgan fingerprint density at radius 2 is 1.82 bits per heavy atom. The van der Waals surface area contributed by atoms with Crippen LogP contribution in [-0.2, 0) is 4.79 Å². The lowest BCUT2D eigenvalue weighted by molar-refractivity contribution is -0.118. The molecule has 114 valence electrons. The highest BCUT2D eigenvalue weighted by atomic mass is 35.5. The van der Waals surface area contributed by atoms with Crippen LogP contribution < -0.4 is 5.43 Å². The number of rotatable bonds is 5. The first-order chi connectivity index (χ1) is 10.5. The van der Waals surface area contributed by atoms with Gasteiger partial charge in [-0.2, -0.15) is 5.10 Å². The van der Waals surface area contributed by atoms with Gasteiger partial charge >= 0.3 is 0 Å². The molecule has 6 heteroatoms. The van der Waals surface area contributed by atoms with Crippen molar-refractivity contribution in [3.8, 4) is 0 Å².